The van der Waals surface area contributed by atoms with Crippen LogP contribution >= 0.6 is 0 Å². The van der Waals surface area contributed by atoms with Gasteiger partial charge >= 0.3 is 0 Å². The van der Waals surface area contributed by atoms with Crippen LogP contribution in [0.2, 0.25) is 0 Å². The molecule has 2 aromatic carbocycles. The van der Waals surface area contributed by atoms with E-state index in [0.717, 1.165) is 17.1 Å². The van der Waals surface area contributed by atoms with Gasteiger partial charge < -0.3 is 14.4 Å². The number of ketones is 1. The molecule has 0 saturated heterocycles. The minimum Gasteiger partial charge on any atom is -0.497 e. The van der Waals surface area contributed by atoms with Crippen molar-refractivity contribution in [3.63, 3.8) is 0 Å². The molecular formula is C19H20N2O3. The number of nitriles is 1. The van der Waals surface area contributed by atoms with Crippen LogP contribution in [0.25, 0.3) is 0 Å². The number of rotatable bonds is 6. The van der Waals surface area contributed by atoms with Gasteiger partial charge in [-0.05, 0) is 43.3 Å². The quantitative estimate of drug-likeness (QED) is 0.762. The number of nitrogens with zero attached hydrogens (tertiary/aromatic N) is 2. The maximum Gasteiger partial charge on any atom is 0.161 e. The van der Waals surface area contributed by atoms with Gasteiger partial charge in [0.2, 0.25) is 0 Å². The summed E-state index contributed by atoms with van der Waals surface area (Å²) in [6.45, 7) is 2.03. The summed E-state index contributed by atoms with van der Waals surface area (Å²) >= 11 is 0. The van der Waals surface area contributed by atoms with Gasteiger partial charge in [-0.1, -0.05) is 0 Å². The first kappa shape index (κ1) is 17.4. The fourth-order valence-corrected chi connectivity index (χ4v) is 2.56. The van der Waals surface area contributed by atoms with Gasteiger partial charge in [0, 0.05) is 30.4 Å². The second-order valence-corrected chi connectivity index (χ2v) is 5.43. The van der Waals surface area contributed by atoms with E-state index in [1.54, 1.807) is 32.4 Å². The largest absolute Gasteiger partial charge is 0.497 e. The standard InChI is InChI=1S/C19H20N2O3/c1-13(22)17-7-5-14(11-20)9-18(17)21(2)12-15-10-16(23-3)6-8-19(15)24-4/h5-10H,12H2,1-4H3. The molecule has 0 bridgehead atoms. The van der Waals surface area contributed by atoms with E-state index in [9.17, 15) is 4.79 Å². The Labute approximate surface area is 142 Å². The Bertz CT molecular complexity index is 794. The van der Waals surface area contributed by atoms with Crippen LogP contribution in [-0.2, 0) is 6.54 Å². The lowest BCUT2D eigenvalue weighted by molar-refractivity contribution is 0.101. The molecular weight excluding hydrogens is 304 g/mol. The average molecular weight is 324 g/mol. The summed E-state index contributed by atoms with van der Waals surface area (Å²) in [6.07, 6.45) is 0. The Morgan fingerprint density at radius 3 is 2.50 bits per heavy atom. The molecule has 0 radical (unpaired) electrons. The van der Waals surface area contributed by atoms with Crippen molar-refractivity contribution in [1.82, 2.24) is 0 Å². The summed E-state index contributed by atoms with van der Waals surface area (Å²) < 4.78 is 10.7. The van der Waals surface area contributed by atoms with Gasteiger partial charge in [0.05, 0.1) is 25.9 Å². The molecule has 0 saturated carbocycles. The highest BCUT2D eigenvalue weighted by molar-refractivity contribution is 6.00. The van der Waals surface area contributed by atoms with E-state index >= 15 is 0 Å². The zero-order valence-corrected chi connectivity index (χ0v) is 14.3. The molecule has 0 aliphatic heterocycles. The number of anilines is 1. The van der Waals surface area contributed by atoms with Crippen LogP contribution in [0.1, 0.15) is 28.4 Å². The van der Waals surface area contributed by atoms with Gasteiger partial charge in [-0.25, -0.2) is 0 Å². The normalized spacial score (nSPS) is 9.96. The summed E-state index contributed by atoms with van der Waals surface area (Å²) in [5.74, 6) is 1.43. The molecule has 0 spiro atoms. The number of hydrogen-bond acceptors (Lipinski definition) is 5. The van der Waals surface area contributed by atoms with Crippen molar-refractivity contribution in [3.8, 4) is 17.6 Å². The number of benzene rings is 2. The van der Waals surface area contributed by atoms with Crippen LogP contribution in [0.5, 0.6) is 11.5 Å². The van der Waals surface area contributed by atoms with E-state index in [1.165, 1.54) is 6.92 Å². The van der Waals surface area contributed by atoms with E-state index in [0.29, 0.717) is 23.4 Å². The fraction of sp³-hybridized carbons (Fsp3) is 0.263. The fourth-order valence-electron chi connectivity index (χ4n) is 2.56. The monoisotopic (exact) mass is 324 g/mol. The van der Waals surface area contributed by atoms with Gasteiger partial charge in [0.25, 0.3) is 0 Å². The predicted molar refractivity (Wildman–Crippen MR) is 92.8 cm³/mol. The molecule has 0 unspecified atom stereocenters. The van der Waals surface area contributed by atoms with Crippen LogP contribution in [0.4, 0.5) is 5.69 Å². The topological polar surface area (TPSA) is 62.6 Å². The number of ether oxygens (including phenoxy) is 2. The molecule has 0 atom stereocenters. The lowest BCUT2D eigenvalue weighted by atomic mass is 10.0. The van der Waals surface area contributed by atoms with E-state index in [2.05, 4.69) is 6.07 Å². The smallest absolute Gasteiger partial charge is 0.161 e. The van der Waals surface area contributed by atoms with E-state index < -0.39 is 0 Å². The maximum absolute atomic E-state index is 11.9. The third-order valence-electron chi connectivity index (χ3n) is 3.81. The van der Waals surface area contributed by atoms with Crippen molar-refractivity contribution in [2.24, 2.45) is 0 Å². The molecule has 0 aliphatic rings. The van der Waals surface area contributed by atoms with Crippen molar-refractivity contribution >= 4 is 11.5 Å². The lowest BCUT2D eigenvalue weighted by Crippen LogP contribution is -2.19. The molecule has 0 N–H and O–H groups in total. The Balaban J connectivity index is 2.41. The lowest BCUT2D eigenvalue weighted by Gasteiger charge is -2.23. The molecule has 24 heavy (non-hydrogen) atoms. The Morgan fingerprint density at radius 1 is 1.17 bits per heavy atom. The van der Waals surface area contributed by atoms with Gasteiger partial charge in [0.15, 0.2) is 5.78 Å². The van der Waals surface area contributed by atoms with Crippen LogP contribution < -0.4 is 14.4 Å². The Hall–Kier alpha value is -3.00. The van der Waals surface area contributed by atoms with E-state index in [1.807, 2.05) is 30.1 Å². The summed E-state index contributed by atoms with van der Waals surface area (Å²) in [4.78, 5) is 13.8. The minimum atomic E-state index is -0.0426. The van der Waals surface area contributed by atoms with Crippen molar-refractivity contribution in [2.45, 2.75) is 13.5 Å². The summed E-state index contributed by atoms with van der Waals surface area (Å²) in [7, 11) is 5.10. The van der Waals surface area contributed by atoms with Crippen molar-refractivity contribution in [3.05, 3.63) is 53.1 Å². The zero-order valence-electron chi connectivity index (χ0n) is 14.3. The van der Waals surface area contributed by atoms with Crippen molar-refractivity contribution < 1.29 is 14.3 Å². The second kappa shape index (κ2) is 7.51. The Kier molecular flexibility index (Phi) is 5.43. The number of carbonyl (C=O) groups is 1. The van der Waals surface area contributed by atoms with Crippen LogP contribution in [0.15, 0.2) is 36.4 Å². The third-order valence-corrected chi connectivity index (χ3v) is 3.81. The van der Waals surface area contributed by atoms with Gasteiger partial charge in [0.1, 0.15) is 11.5 Å². The first-order valence-electron chi connectivity index (χ1n) is 7.47. The van der Waals surface area contributed by atoms with Crippen LogP contribution in [-0.4, -0.2) is 27.1 Å². The zero-order chi connectivity index (χ0) is 17.7. The molecule has 0 aliphatic carbocycles. The summed E-state index contributed by atoms with van der Waals surface area (Å²) in [6, 6.07) is 12.8. The van der Waals surface area contributed by atoms with Crippen molar-refractivity contribution in [1.29, 1.82) is 5.26 Å². The first-order valence-corrected chi connectivity index (χ1v) is 7.47. The van der Waals surface area contributed by atoms with Crippen LogP contribution in [0, 0.1) is 11.3 Å². The SMILES string of the molecule is COc1ccc(OC)c(CN(C)c2cc(C#N)ccc2C(C)=O)c1. The minimum absolute atomic E-state index is 0.0426. The summed E-state index contributed by atoms with van der Waals surface area (Å²) in [5.41, 5.74) is 2.74. The first-order chi connectivity index (χ1) is 11.5. The van der Waals surface area contributed by atoms with Crippen LogP contribution in [0.3, 0.4) is 0 Å². The number of hydrogen-bond donors (Lipinski definition) is 0. The number of Topliss-reactive ketones (excluding diaryl/α,β-unsaturated/α-hetero) is 1. The molecule has 5 nitrogen and oxygen atoms in total. The Morgan fingerprint density at radius 2 is 1.92 bits per heavy atom. The molecule has 124 valence electrons. The molecule has 2 aromatic rings. The highest BCUT2D eigenvalue weighted by atomic mass is 16.5. The maximum atomic E-state index is 11.9. The number of carbonyl (C=O) groups excluding carboxylic acids is 1. The second-order valence-electron chi connectivity index (χ2n) is 5.43. The number of methoxy groups -OCH3 is 2. The average Bonchev–Trinajstić information content (AvgIpc) is 2.60. The summed E-state index contributed by atoms with van der Waals surface area (Å²) in [5, 5.41) is 9.12. The molecule has 0 fully saturated rings. The molecule has 0 amide bonds. The van der Waals surface area contributed by atoms with Gasteiger partial charge in [-0.15, -0.1) is 0 Å². The molecule has 2 rings (SSSR count). The molecule has 5 heteroatoms. The van der Waals surface area contributed by atoms with Gasteiger partial charge in [-0.3, -0.25) is 4.79 Å². The molecule has 0 heterocycles. The van der Waals surface area contributed by atoms with Crippen molar-refractivity contribution in [2.75, 3.05) is 26.2 Å². The predicted octanol–water partition coefficient (Wildman–Crippen LogP) is 3.41. The molecule has 0 aromatic heterocycles. The van der Waals surface area contributed by atoms with E-state index in [-0.39, 0.29) is 5.78 Å². The van der Waals surface area contributed by atoms with Gasteiger partial charge in [-0.2, -0.15) is 5.26 Å². The highest BCUT2D eigenvalue weighted by Gasteiger charge is 2.15. The highest BCUT2D eigenvalue weighted by Crippen LogP contribution is 2.28. The third kappa shape index (κ3) is 3.66. The van der Waals surface area contributed by atoms with E-state index in [4.69, 9.17) is 14.7 Å².